The van der Waals surface area contributed by atoms with Crippen LogP contribution in [0.1, 0.15) is 10.4 Å². The summed E-state index contributed by atoms with van der Waals surface area (Å²) in [4.78, 5) is 13.8. The van der Waals surface area contributed by atoms with E-state index < -0.39 is 5.97 Å². The van der Waals surface area contributed by atoms with Crippen LogP contribution in [0.3, 0.4) is 0 Å². The van der Waals surface area contributed by atoms with E-state index in [1.165, 1.54) is 0 Å². The first-order valence-electron chi connectivity index (χ1n) is 5.20. The van der Waals surface area contributed by atoms with Crippen LogP contribution in [0.25, 0.3) is 21.6 Å². The number of aromatic carboxylic acids is 1. The van der Waals surface area contributed by atoms with Crippen LogP contribution in [-0.2, 0) is 0 Å². The molecule has 0 bridgehead atoms. The van der Waals surface area contributed by atoms with Crippen molar-refractivity contribution in [3.05, 3.63) is 64.5 Å². The summed E-state index contributed by atoms with van der Waals surface area (Å²) in [6, 6.07) is 13.5. The Kier molecular flexibility index (Phi) is 3.27. The van der Waals surface area contributed by atoms with Crippen molar-refractivity contribution in [2.45, 2.75) is 0 Å². The topological polar surface area (TPSA) is 86.1 Å². The number of rotatable bonds is 3. The largest absolute Gasteiger partial charge is 0.478 e. The van der Waals surface area contributed by atoms with Crippen molar-refractivity contribution in [1.82, 2.24) is 0 Å². The SMILES string of the molecule is [N-]=[N+]=Nc1ccc(-c2ccccc2C(=O)O)cc1. The maximum Gasteiger partial charge on any atom is 0.336 e. The molecule has 0 unspecified atom stereocenters. The summed E-state index contributed by atoms with van der Waals surface area (Å²) < 4.78 is 0. The average molecular weight is 239 g/mol. The molecular formula is C13H9N3O2. The Morgan fingerprint density at radius 2 is 1.78 bits per heavy atom. The first-order chi connectivity index (χ1) is 8.72. The number of hydrogen-bond donors (Lipinski definition) is 1. The quantitative estimate of drug-likeness (QED) is 0.498. The number of carboxylic acids is 1. The van der Waals surface area contributed by atoms with Gasteiger partial charge in [0.05, 0.1) is 5.56 Å². The van der Waals surface area contributed by atoms with E-state index in [0.717, 1.165) is 5.56 Å². The van der Waals surface area contributed by atoms with E-state index in [9.17, 15) is 4.79 Å². The molecule has 5 heteroatoms. The van der Waals surface area contributed by atoms with Crippen LogP contribution >= 0.6 is 0 Å². The molecule has 0 aliphatic rings. The molecule has 0 aliphatic carbocycles. The standard InChI is InChI=1S/C13H9N3O2/c14-16-15-10-7-5-9(6-8-10)11-3-1-2-4-12(11)13(17)18/h1-8H,(H,17,18). The van der Waals surface area contributed by atoms with Crippen molar-refractivity contribution in [2.75, 3.05) is 0 Å². The van der Waals surface area contributed by atoms with Crippen molar-refractivity contribution in [1.29, 1.82) is 0 Å². The van der Waals surface area contributed by atoms with Crippen molar-refractivity contribution in [3.8, 4) is 11.1 Å². The lowest BCUT2D eigenvalue weighted by atomic mass is 10.00. The fourth-order valence-corrected chi connectivity index (χ4v) is 1.68. The third-order valence-corrected chi connectivity index (χ3v) is 2.50. The van der Waals surface area contributed by atoms with E-state index in [4.69, 9.17) is 10.6 Å². The maximum absolute atomic E-state index is 11.1. The number of azide groups is 1. The molecule has 0 spiro atoms. The van der Waals surface area contributed by atoms with Crippen LogP contribution < -0.4 is 0 Å². The molecule has 0 saturated carbocycles. The van der Waals surface area contributed by atoms with Gasteiger partial charge in [0.25, 0.3) is 0 Å². The predicted molar refractivity (Wildman–Crippen MR) is 67.6 cm³/mol. The Morgan fingerprint density at radius 1 is 1.11 bits per heavy atom. The number of hydrogen-bond acceptors (Lipinski definition) is 2. The molecule has 0 radical (unpaired) electrons. The molecule has 0 amide bonds. The van der Waals surface area contributed by atoms with E-state index in [1.54, 1.807) is 48.5 Å². The molecule has 2 rings (SSSR count). The first-order valence-corrected chi connectivity index (χ1v) is 5.20. The minimum Gasteiger partial charge on any atom is -0.478 e. The Balaban J connectivity index is 2.49. The summed E-state index contributed by atoms with van der Waals surface area (Å²) >= 11 is 0. The highest BCUT2D eigenvalue weighted by atomic mass is 16.4. The highest BCUT2D eigenvalue weighted by Crippen LogP contribution is 2.25. The third-order valence-electron chi connectivity index (χ3n) is 2.50. The van der Waals surface area contributed by atoms with Gasteiger partial charge in [-0.15, -0.1) is 0 Å². The zero-order valence-electron chi connectivity index (χ0n) is 9.32. The van der Waals surface area contributed by atoms with Crippen LogP contribution in [0.2, 0.25) is 0 Å². The minimum absolute atomic E-state index is 0.244. The van der Waals surface area contributed by atoms with Gasteiger partial charge in [0.15, 0.2) is 0 Å². The number of carbonyl (C=O) groups is 1. The fraction of sp³-hybridized carbons (Fsp3) is 0. The Bertz CT molecular complexity index is 629. The molecule has 0 fully saturated rings. The highest BCUT2D eigenvalue weighted by molar-refractivity contribution is 5.96. The lowest BCUT2D eigenvalue weighted by Crippen LogP contribution is -1.98. The third kappa shape index (κ3) is 2.31. The van der Waals surface area contributed by atoms with Gasteiger partial charge in [-0.05, 0) is 22.7 Å². The summed E-state index contributed by atoms with van der Waals surface area (Å²) in [6.07, 6.45) is 0. The summed E-state index contributed by atoms with van der Waals surface area (Å²) in [5, 5.41) is 12.6. The van der Waals surface area contributed by atoms with Gasteiger partial charge in [-0.2, -0.15) is 0 Å². The van der Waals surface area contributed by atoms with Crippen molar-refractivity contribution >= 4 is 11.7 Å². The van der Waals surface area contributed by atoms with E-state index in [1.807, 2.05) is 0 Å². The first kappa shape index (κ1) is 11.7. The molecule has 2 aromatic carbocycles. The molecule has 0 aromatic heterocycles. The van der Waals surface area contributed by atoms with E-state index in [0.29, 0.717) is 11.3 Å². The van der Waals surface area contributed by atoms with Crippen LogP contribution in [0.5, 0.6) is 0 Å². The average Bonchev–Trinajstić information content (AvgIpc) is 2.40. The molecule has 5 nitrogen and oxygen atoms in total. The highest BCUT2D eigenvalue weighted by Gasteiger charge is 2.10. The van der Waals surface area contributed by atoms with Gasteiger partial charge >= 0.3 is 5.97 Å². The summed E-state index contributed by atoms with van der Waals surface area (Å²) in [5.74, 6) is -0.968. The summed E-state index contributed by atoms with van der Waals surface area (Å²) in [6.45, 7) is 0. The summed E-state index contributed by atoms with van der Waals surface area (Å²) in [5.41, 5.74) is 10.4. The molecule has 88 valence electrons. The molecule has 1 N–H and O–H groups in total. The van der Waals surface area contributed by atoms with Crippen molar-refractivity contribution < 1.29 is 9.90 Å². The van der Waals surface area contributed by atoms with Crippen molar-refractivity contribution in [2.24, 2.45) is 5.11 Å². The summed E-state index contributed by atoms with van der Waals surface area (Å²) in [7, 11) is 0. The smallest absolute Gasteiger partial charge is 0.336 e. The molecule has 0 saturated heterocycles. The monoisotopic (exact) mass is 239 g/mol. The van der Waals surface area contributed by atoms with Gasteiger partial charge in [0, 0.05) is 10.6 Å². The van der Waals surface area contributed by atoms with Crippen LogP contribution in [0.4, 0.5) is 5.69 Å². The van der Waals surface area contributed by atoms with E-state index in [-0.39, 0.29) is 5.56 Å². The van der Waals surface area contributed by atoms with Gasteiger partial charge < -0.3 is 5.11 Å². The van der Waals surface area contributed by atoms with Gasteiger partial charge in [-0.1, -0.05) is 47.6 Å². The Morgan fingerprint density at radius 3 is 2.39 bits per heavy atom. The van der Waals surface area contributed by atoms with Crippen LogP contribution in [0.15, 0.2) is 53.6 Å². The van der Waals surface area contributed by atoms with E-state index >= 15 is 0 Å². The second kappa shape index (κ2) is 5.03. The molecular weight excluding hydrogens is 230 g/mol. The van der Waals surface area contributed by atoms with Gasteiger partial charge in [-0.3, -0.25) is 0 Å². The normalized spacial score (nSPS) is 9.56. The Labute approximate surface area is 103 Å². The zero-order chi connectivity index (χ0) is 13.0. The maximum atomic E-state index is 11.1. The predicted octanol–water partition coefficient (Wildman–Crippen LogP) is 3.99. The molecule has 18 heavy (non-hydrogen) atoms. The fourth-order valence-electron chi connectivity index (χ4n) is 1.68. The van der Waals surface area contributed by atoms with Gasteiger partial charge in [0.2, 0.25) is 0 Å². The molecule has 0 heterocycles. The molecule has 0 atom stereocenters. The molecule has 0 aliphatic heterocycles. The Hall–Kier alpha value is -2.78. The van der Waals surface area contributed by atoms with Gasteiger partial charge in [0.1, 0.15) is 0 Å². The second-order valence-electron chi connectivity index (χ2n) is 3.59. The number of nitrogens with zero attached hydrogens (tertiary/aromatic N) is 3. The number of benzene rings is 2. The van der Waals surface area contributed by atoms with Gasteiger partial charge in [-0.25, -0.2) is 4.79 Å². The van der Waals surface area contributed by atoms with Crippen LogP contribution in [-0.4, -0.2) is 11.1 Å². The zero-order valence-corrected chi connectivity index (χ0v) is 9.32. The van der Waals surface area contributed by atoms with Crippen LogP contribution in [0, 0.1) is 0 Å². The van der Waals surface area contributed by atoms with E-state index in [2.05, 4.69) is 10.0 Å². The molecule has 2 aromatic rings. The minimum atomic E-state index is -0.968. The second-order valence-corrected chi connectivity index (χ2v) is 3.59. The lowest BCUT2D eigenvalue weighted by Gasteiger charge is -2.06. The number of carboxylic acid groups (broad SMARTS) is 1. The van der Waals surface area contributed by atoms with Crippen molar-refractivity contribution in [3.63, 3.8) is 0 Å². The lowest BCUT2D eigenvalue weighted by molar-refractivity contribution is 0.0697.